The summed E-state index contributed by atoms with van der Waals surface area (Å²) in [7, 11) is 0. The average Bonchev–Trinajstić information content (AvgIpc) is 1.90. The number of benzene rings is 1. The zero-order valence-electron chi connectivity index (χ0n) is 4.71. The van der Waals surface area contributed by atoms with Crippen molar-refractivity contribution in [2.45, 2.75) is 0 Å². The van der Waals surface area contributed by atoms with Gasteiger partial charge in [0.25, 0.3) is 0 Å². The van der Waals surface area contributed by atoms with E-state index in [-0.39, 0.29) is 4.70 Å². The van der Waals surface area contributed by atoms with E-state index >= 15 is 0 Å². The van der Waals surface area contributed by atoms with Gasteiger partial charge in [0, 0.05) is 0 Å². The second kappa shape index (κ2) is 3.62. The molecule has 0 saturated carbocycles. The molecule has 2 heteroatoms. The molecule has 0 amide bonds. The Kier molecular flexibility index (Phi) is 3.07. The zero-order valence-corrected chi connectivity index (χ0v) is 4.71. The van der Waals surface area contributed by atoms with Gasteiger partial charge in [-0.1, -0.05) is 18.2 Å². The number of halogens is 1. The molecule has 1 aromatic rings. The van der Waals surface area contributed by atoms with E-state index in [4.69, 9.17) is 5.26 Å². The molecule has 0 aliphatic heterocycles. The van der Waals surface area contributed by atoms with Crippen molar-refractivity contribution in [1.29, 1.82) is 5.26 Å². The third kappa shape index (κ3) is 1.92. The Morgan fingerprint density at radius 2 is 1.67 bits per heavy atom. The summed E-state index contributed by atoms with van der Waals surface area (Å²) >= 11 is 0. The highest BCUT2D eigenvalue weighted by atomic mass is 19.0. The molecular weight excluding hydrogens is 117 g/mol. The normalized spacial score (nSPS) is 7.00. The van der Waals surface area contributed by atoms with Gasteiger partial charge in [0.05, 0.1) is 11.6 Å². The lowest BCUT2D eigenvalue weighted by Crippen LogP contribution is -3.00. The summed E-state index contributed by atoms with van der Waals surface area (Å²) in [5, 5.41) is 8.29. The van der Waals surface area contributed by atoms with Crippen LogP contribution in [0.5, 0.6) is 0 Å². The summed E-state index contributed by atoms with van der Waals surface area (Å²) in [6.45, 7) is 0. The fourth-order valence-electron chi connectivity index (χ4n) is 0.513. The molecule has 46 valence electrons. The number of nitriles is 1. The minimum Gasteiger partial charge on any atom is -1.00 e. The maximum Gasteiger partial charge on any atom is 0.0991 e. The van der Waals surface area contributed by atoms with Gasteiger partial charge in [-0.2, -0.15) is 5.26 Å². The van der Waals surface area contributed by atoms with Gasteiger partial charge >= 0.3 is 0 Å². The van der Waals surface area contributed by atoms with E-state index in [1.54, 1.807) is 12.1 Å². The second-order valence-corrected chi connectivity index (χ2v) is 1.48. The summed E-state index contributed by atoms with van der Waals surface area (Å²) in [6.07, 6.45) is 0. The smallest absolute Gasteiger partial charge is 0.0991 e. The SMILES string of the molecule is N#Cc1ccccc1.[F-]. The van der Waals surface area contributed by atoms with Gasteiger partial charge < -0.3 is 4.70 Å². The molecule has 0 bridgehead atoms. The largest absolute Gasteiger partial charge is 1.00 e. The van der Waals surface area contributed by atoms with Gasteiger partial charge in [-0.25, -0.2) is 0 Å². The van der Waals surface area contributed by atoms with Crippen molar-refractivity contribution >= 4 is 0 Å². The summed E-state index contributed by atoms with van der Waals surface area (Å²) < 4.78 is 0. The first-order valence-corrected chi connectivity index (χ1v) is 2.38. The lowest BCUT2D eigenvalue weighted by Gasteiger charge is -1.80. The lowest BCUT2D eigenvalue weighted by atomic mass is 10.2. The highest BCUT2D eigenvalue weighted by molar-refractivity contribution is 5.27. The van der Waals surface area contributed by atoms with Crippen LogP contribution in [-0.2, 0) is 0 Å². The van der Waals surface area contributed by atoms with Crippen LogP contribution < -0.4 is 4.70 Å². The van der Waals surface area contributed by atoms with Crippen molar-refractivity contribution in [3.8, 4) is 6.07 Å². The van der Waals surface area contributed by atoms with E-state index in [1.165, 1.54) is 0 Å². The van der Waals surface area contributed by atoms with Crippen LogP contribution in [0.1, 0.15) is 5.56 Å². The Balaban J connectivity index is 0.000000640. The first kappa shape index (κ1) is 7.64. The Bertz CT molecular complexity index is 200. The predicted molar refractivity (Wildman–Crippen MR) is 31.2 cm³/mol. The molecule has 1 rings (SSSR count). The topological polar surface area (TPSA) is 23.8 Å². The van der Waals surface area contributed by atoms with E-state index in [2.05, 4.69) is 0 Å². The van der Waals surface area contributed by atoms with Gasteiger partial charge in [-0.15, -0.1) is 0 Å². The van der Waals surface area contributed by atoms with Crippen molar-refractivity contribution in [3.63, 3.8) is 0 Å². The molecule has 0 saturated heterocycles. The first-order valence-electron chi connectivity index (χ1n) is 2.38. The molecule has 0 aliphatic carbocycles. The average molecular weight is 122 g/mol. The molecule has 0 aliphatic rings. The van der Waals surface area contributed by atoms with E-state index in [1.807, 2.05) is 24.3 Å². The lowest BCUT2D eigenvalue weighted by molar-refractivity contribution is -0.00000184. The Morgan fingerprint density at radius 3 is 2.00 bits per heavy atom. The molecule has 0 heterocycles. The fourth-order valence-corrected chi connectivity index (χ4v) is 0.513. The van der Waals surface area contributed by atoms with Crippen molar-refractivity contribution in [2.75, 3.05) is 0 Å². The van der Waals surface area contributed by atoms with Gasteiger partial charge in [0.15, 0.2) is 0 Å². The molecular formula is C7H5FN-. The van der Waals surface area contributed by atoms with Crippen LogP contribution >= 0.6 is 0 Å². The van der Waals surface area contributed by atoms with E-state index in [9.17, 15) is 0 Å². The molecule has 0 spiro atoms. The predicted octanol–water partition coefficient (Wildman–Crippen LogP) is -1.44. The first-order chi connectivity index (χ1) is 3.93. The fraction of sp³-hybridized carbons (Fsp3) is 0. The molecule has 0 atom stereocenters. The van der Waals surface area contributed by atoms with Crippen LogP contribution in [-0.4, -0.2) is 0 Å². The minimum absolute atomic E-state index is 0. The number of hydrogen-bond donors (Lipinski definition) is 0. The molecule has 0 fully saturated rings. The molecule has 1 aromatic carbocycles. The molecule has 0 aromatic heterocycles. The maximum absolute atomic E-state index is 8.29. The third-order valence-electron chi connectivity index (χ3n) is 0.903. The van der Waals surface area contributed by atoms with E-state index in [0.29, 0.717) is 5.56 Å². The van der Waals surface area contributed by atoms with Gasteiger partial charge in [-0.3, -0.25) is 0 Å². The summed E-state index contributed by atoms with van der Waals surface area (Å²) in [5.74, 6) is 0. The monoisotopic (exact) mass is 122 g/mol. The van der Waals surface area contributed by atoms with Crippen LogP contribution in [0.25, 0.3) is 0 Å². The Morgan fingerprint density at radius 1 is 1.11 bits per heavy atom. The third-order valence-corrected chi connectivity index (χ3v) is 0.903. The summed E-state index contributed by atoms with van der Waals surface area (Å²) in [4.78, 5) is 0. The Labute approximate surface area is 52.9 Å². The van der Waals surface area contributed by atoms with Crippen molar-refractivity contribution in [2.24, 2.45) is 0 Å². The Hall–Kier alpha value is -1.36. The van der Waals surface area contributed by atoms with E-state index in [0.717, 1.165) is 0 Å². The maximum atomic E-state index is 8.29. The second-order valence-electron chi connectivity index (χ2n) is 1.48. The van der Waals surface area contributed by atoms with Crippen LogP contribution in [0.4, 0.5) is 0 Å². The highest BCUT2D eigenvalue weighted by Gasteiger charge is 1.79. The summed E-state index contributed by atoms with van der Waals surface area (Å²) in [5.41, 5.74) is 0.715. The molecule has 0 radical (unpaired) electrons. The molecule has 9 heavy (non-hydrogen) atoms. The van der Waals surface area contributed by atoms with Crippen LogP contribution in [0, 0.1) is 11.3 Å². The minimum atomic E-state index is 0. The van der Waals surface area contributed by atoms with Gasteiger partial charge in [0.1, 0.15) is 0 Å². The molecule has 1 nitrogen and oxygen atoms in total. The van der Waals surface area contributed by atoms with Crippen molar-refractivity contribution in [3.05, 3.63) is 35.9 Å². The standard InChI is InChI=1S/C7H5N.FH/c8-6-7-4-2-1-3-5-7;/h1-5H;1H/p-1. The van der Waals surface area contributed by atoms with Crippen LogP contribution in [0.15, 0.2) is 30.3 Å². The number of rotatable bonds is 0. The zero-order chi connectivity index (χ0) is 5.82. The quantitative estimate of drug-likeness (QED) is 0.413. The van der Waals surface area contributed by atoms with E-state index < -0.39 is 0 Å². The molecule has 0 unspecified atom stereocenters. The highest BCUT2D eigenvalue weighted by Crippen LogP contribution is 1.92. The van der Waals surface area contributed by atoms with Crippen LogP contribution in [0.3, 0.4) is 0 Å². The van der Waals surface area contributed by atoms with Crippen molar-refractivity contribution < 1.29 is 4.70 Å². The van der Waals surface area contributed by atoms with Crippen molar-refractivity contribution in [1.82, 2.24) is 0 Å². The number of hydrogen-bond acceptors (Lipinski definition) is 1. The molecule has 0 N–H and O–H groups in total. The van der Waals surface area contributed by atoms with Gasteiger partial charge in [-0.05, 0) is 12.1 Å². The van der Waals surface area contributed by atoms with Gasteiger partial charge in [0.2, 0.25) is 0 Å². The summed E-state index contributed by atoms with van der Waals surface area (Å²) in [6, 6.07) is 11.2. The van der Waals surface area contributed by atoms with Crippen LogP contribution in [0.2, 0.25) is 0 Å². The number of nitrogens with zero attached hydrogens (tertiary/aromatic N) is 1.